The molecule has 26 heavy (non-hydrogen) atoms. The monoisotopic (exact) mass is 362 g/mol. The van der Waals surface area contributed by atoms with Crippen molar-refractivity contribution in [3.63, 3.8) is 0 Å². The third-order valence-corrected chi connectivity index (χ3v) is 4.37. The number of carbonyl (C=O) groups is 2. The lowest BCUT2D eigenvalue weighted by Gasteiger charge is -2.19. The van der Waals surface area contributed by atoms with Crippen molar-refractivity contribution in [2.24, 2.45) is 0 Å². The van der Waals surface area contributed by atoms with Crippen LogP contribution in [0.3, 0.4) is 0 Å². The van der Waals surface area contributed by atoms with Crippen LogP contribution in [-0.2, 0) is 29.0 Å². The van der Waals surface area contributed by atoms with Crippen LogP contribution in [0, 0.1) is 5.82 Å². The Kier molecular flexibility index (Phi) is 5.22. The molecule has 0 aliphatic carbocycles. The first-order valence-corrected chi connectivity index (χ1v) is 8.29. The van der Waals surface area contributed by atoms with Crippen LogP contribution >= 0.6 is 0 Å². The van der Waals surface area contributed by atoms with E-state index in [1.54, 1.807) is 0 Å². The van der Waals surface area contributed by atoms with Crippen molar-refractivity contribution in [3.05, 3.63) is 41.4 Å². The van der Waals surface area contributed by atoms with Crippen LogP contribution in [0.25, 0.3) is 10.9 Å². The number of halogens is 1. The number of hydrogen-bond donors (Lipinski definition) is 3. The van der Waals surface area contributed by atoms with E-state index >= 15 is 0 Å². The van der Waals surface area contributed by atoms with Crippen molar-refractivity contribution in [3.8, 4) is 5.75 Å². The maximum Gasteiger partial charge on any atom is 0.328 e. The second-order valence-electron chi connectivity index (χ2n) is 5.96. The van der Waals surface area contributed by atoms with Gasteiger partial charge < -0.3 is 24.8 Å². The number of hydrogen-bond acceptors (Lipinski definition) is 4. The van der Waals surface area contributed by atoms with Gasteiger partial charge in [0.05, 0.1) is 12.1 Å². The average Bonchev–Trinajstić information content (AvgIpc) is 2.77. The van der Waals surface area contributed by atoms with Crippen molar-refractivity contribution in [1.29, 1.82) is 0 Å². The highest BCUT2D eigenvalue weighted by molar-refractivity contribution is 5.91. The number of carboxylic acid groups (broad SMARTS) is 2. The van der Waals surface area contributed by atoms with Gasteiger partial charge in [0.25, 0.3) is 0 Å². The summed E-state index contributed by atoms with van der Waals surface area (Å²) in [6, 6.07) is 3.44. The Hall–Kier alpha value is -2.87. The first kappa shape index (κ1) is 17.9. The minimum atomic E-state index is -1.26. The molecule has 0 atom stereocenters. The Labute approximate surface area is 148 Å². The van der Waals surface area contributed by atoms with Crippen molar-refractivity contribution in [1.82, 2.24) is 9.88 Å². The van der Waals surface area contributed by atoms with Crippen LogP contribution in [0.15, 0.2) is 24.3 Å². The minimum absolute atomic E-state index is 0.241. The van der Waals surface area contributed by atoms with E-state index in [1.807, 2.05) is 6.07 Å². The molecule has 0 fully saturated rings. The lowest BCUT2D eigenvalue weighted by atomic mass is 10.1. The molecule has 1 aromatic carbocycles. The molecule has 0 unspecified atom stereocenters. The standard InChI is InChI=1S/C14H15FN2O.C4H4O4/c15-11-2-1-10-9-3-5-16-6-4-12(9)17-7-8-18-14(11)13(10)17;5-3(6)1-2-4(7)8/h1-2,16H,3-8H2;1-2H,(H,5,6)(H,7,8). The number of benzene rings is 1. The molecular weight excluding hydrogens is 343 g/mol. The van der Waals surface area contributed by atoms with E-state index in [0.29, 0.717) is 24.5 Å². The molecule has 4 rings (SSSR count). The van der Waals surface area contributed by atoms with E-state index in [-0.39, 0.29) is 5.82 Å². The molecule has 0 spiro atoms. The minimum Gasteiger partial charge on any atom is -0.486 e. The molecule has 0 saturated carbocycles. The van der Waals surface area contributed by atoms with Gasteiger partial charge in [-0.25, -0.2) is 14.0 Å². The maximum absolute atomic E-state index is 13.8. The second-order valence-corrected chi connectivity index (χ2v) is 5.96. The molecule has 0 bridgehead atoms. The predicted molar refractivity (Wildman–Crippen MR) is 92.1 cm³/mol. The summed E-state index contributed by atoms with van der Waals surface area (Å²) < 4.78 is 21.6. The van der Waals surface area contributed by atoms with Crippen molar-refractivity contribution >= 4 is 22.8 Å². The van der Waals surface area contributed by atoms with Crippen molar-refractivity contribution in [2.45, 2.75) is 19.4 Å². The highest BCUT2D eigenvalue weighted by Gasteiger charge is 2.25. The van der Waals surface area contributed by atoms with Crippen LogP contribution in [0.2, 0.25) is 0 Å². The fourth-order valence-corrected chi connectivity index (χ4v) is 3.39. The van der Waals surface area contributed by atoms with E-state index in [4.69, 9.17) is 14.9 Å². The molecule has 0 saturated heterocycles. The third-order valence-electron chi connectivity index (χ3n) is 4.37. The van der Waals surface area contributed by atoms with Gasteiger partial charge in [-0.1, -0.05) is 0 Å². The largest absolute Gasteiger partial charge is 0.486 e. The SMILES string of the molecule is Fc1ccc2c3c(n4c2c1OCC4)CCNCC3.O=C(O)C=CC(=O)O. The van der Waals surface area contributed by atoms with Gasteiger partial charge in [-0.2, -0.15) is 0 Å². The summed E-state index contributed by atoms with van der Waals surface area (Å²) in [7, 11) is 0. The van der Waals surface area contributed by atoms with E-state index in [9.17, 15) is 14.0 Å². The summed E-state index contributed by atoms with van der Waals surface area (Å²) >= 11 is 0. The molecule has 1 aromatic heterocycles. The smallest absolute Gasteiger partial charge is 0.328 e. The zero-order valence-corrected chi connectivity index (χ0v) is 14.0. The molecular formula is C18H19FN2O5. The van der Waals surface area contributed by atoms with Crippen LogP contribution in [0.5, 0.6) is 5.75 Å². The molecule has 7 nitrogen and oxygen atoms in total. The number of nitrogens with zero attached hydrogens (tertiary/aromatic N) is 1. The summed E-state index contributed by atoms with van der Waals surface area (Å²) in [6.45, 7) is 3.40. The quantitative estimate of drug-likeness (QED) is 0.701. The number of ether oxygens (including phenoxy) is 1. The summed E-state index contributed by atoms with van der Waals surface area (Å²) in [6.07, 6.45) is 3.15. The fourth-order valence-electron chi connectivity index (χ4n) is 3.39. The van der Waals surface area contributed by atoms with E-state index in [0.717, 1.165) is 38.0 Å². The number of nitrogens with one attached hydrogen (secondary N) is 1. The summed E-state index contributed by atoms with van der Waals surface area (Å²) in [5, 5.41) is 20.2. The number of aliphatic carboxylic acids is 2. The molecule has 138 valence electrons. The van der Waals surface area contributed by atoms with Gasteiger partial charge in [0.2, 0.25) is 0 Å². The molecule has 2 aliphatic rings. The highest BCUT2D eigenvalue weighted by atomic mass is 19.1. The first-order valence-electron chi connectivity index (χ1n) is 8.29. The average molecular weight is 362 g/mol. The van der Waals surface area contributed by atoms with Crippen LogP contribution in [0.4, 0.5) is 4.39 Å². The molecule has 3 heterocycles. The van der Waals surface area contributed by atoms with Crippen molar-refractivity contribution < 1.29 is 28.9 Å². The Morgan fingerprint density at radius 2 is 1.85 bits per heavy atom. The lowest BCUT2D eigenvalue weighted by Crippen LogP contribution is -2.20. The maximum atomic E-state index is 13.8. The zero-order valence-electron chi connectivity index (χ0n) is 14.0. The number of rotatable bonds is 2. The van der Waals surface area contributed by atoms with E-state index in [2.05, 4.69) is 9.88 Å². The van der Waals surface area contributed by atoms with Gasteiger partial charge >= 0.3 is 11.9 Å². The zero-order chi connectivity index (χ0) is 18.7. The second kappa shape index (κ2) is 7.57. The highest BCUT2D eigenvalue weighted by Crippen LogP contribution is 2.37. The number of carboxylic acids is 2. The fraction of sp³-hybridized carbons (Fsp3) is 0.333. The Balaban J connectivity index is 0.000000211. The molecule has 3 N–H and O–H groups in total. The van der Waals surface area contributed by atoms with E-state index in [1.165, 1.54) is 22.7 Å². The summed E-state index contributed by atoms with van der Waals surface area (Å²) in [5.74, 6) is -2.31. The van der Waals surface area contributed by atoms with Gasteiger partial charge in [-0.3, -0.25) is 0 Å². The summed E-state index contributed by atoms with van der Waals surface area (Å²) in [5.41, 5.74) is 3.71. The normalized spacial score (nSPS) is 15.6. The van der Waals surface area contributed by atoms with Gasteiger partial charge in [0.15, 0.2) is 11.6 Å². The third kappa shape index (κ3) is 3.55. The molecule has 8 heteroatoms. The van der Waals surface area contributed by atoms with Gasteiger partial charge in [-0.05, 0) is 30.7 Å². The van der Waals surface area contributed by atoms with Crippen LogP contribution in [0.1, 0.15) is 11.3 Å². The first-order chi connectivity index (χ1) is 12.5. The van der Waals surface area contributed by atoms with Crippen LogP contribution < -0.4 is 10.1 Å². The summed E-state index contributed by atoms with van der Waals surface area (Å²) in [4.78, 5) is 19.1. The molecule has 0 amide bonds. The number of aromatic nitrogens is 1. The van der Waals surface area contributed by atoms with Gasteiger partial charge in [0, 0.05) is 36.2 Å². The van der Waals surface area contributed by atoms with Crippen molar-refractivity contribution in [2.75, 3.05) is 19.7 Å². The molecule has 2 aliphatic heterocycles. The van der Waals surface area contributed by atoms with Crippen LogP contribution in [-0.4, -0.2) is 46.4 Å². The Bertz CT molecular complexity index is 872. The number of fused-ring (bicyclic) bond motifs is 3. The van der Waals surface area contributed by atoms with Gasteiger partial charge in [-0.15, -0.1) is 0 Å². The Morgan fingerprint density at radius 3 is 2.54 bits per heavy atom. The lowest BCUT2D eigenvalue weighted by molar-refractivity contribution is -0.134. The van der Waals surface area contributed by atoms with E-state index < -0.39 is 11.9 Å². The topological polar surface area (TPSA) is 101 Å². The molecule has 2 aromatic rings. The molecule has 0 radical (unpaired) electrons. The van der Waals surface area contributed by atoms with Gasteiger partial charge in [0.1, 0.15) is 6.61 Å². The predicted octanol–water partition coefficient (Wildman–Crippen LogP) is 1.57. The Morgan fingerprint density at radius 1 is 1.15 bits per heavy atom.